The molecule has 0 fully saturated rings. The van der Waals surface area contributed by atoms with Crippen molar-refractivity contribution in [2.24, 2.45) is 0 Å². The molecular weight excluding hydrogens is 374 g/mol. The van der Waals surface area contributed by atoms with Crippen molar-refractivity contribution in [2.75, 3.05) is 7.11 Å². The van der Waals surface area contributed by atoms with E-state index in [2.05, 4.69) is 22.2 Å². The van der Waals surface area contributed by atoms with E-state index in [9.17, 15) is 9.59 Å². The summed E-state index contributed by atoms with van der Waals surface area (Å²) in [6.45, 7) is 4.30. The van der Waals surface area contributed by atoms with Gasteiger partial charge in [0, 0.05) is 10.6 Å². The third-order valence-corrected chi connectivity index (χ3v) is 5.66. The van der Waals surface area contributed by atoms with Gasteiger partial charge in [0.2, 0.25) is 0 Å². The van der Waals surface area contributed by atoms with Gasteiger partial charge in [0.15, 0.2) is 5.82 Å². The molecular formula is C18H19ClN3O3S+. The zero-order chi connectivity index (χ0) is 18.8. The second kappa shape index (κ2) is 7.57. The first kappa shape index (κ1) is 18.6. The molecule has 8 heteroatoms. The molecule has 2 heterocycles. The molecule has 0 aliphatic rings. The van der Waals surface area contributed by atoms with Gasteiger partial charge in [-0.2, -0.15) is 0 Å². The van der Waals surface area contributed by atoms with Crippen LogP contribution in [0.15, 0.2) is 29.1 Å². The van der Waals surface area contributed by atoms with Crippen LogP contribution >= 0.6 is 22.9 Å². The fourth-order valence-electron chi connectivity index (χ4n) is 2.79. The number of carbonyl (C=O) groups is 1. The van der Waals surface area contributed by atoms with Crippen LogP contribution in [0.1, 0.15) is 39.6 Å². The lowest BCUT2D eigenvalue weighted by Gasteiger charge is -2.11. The monoisotopic (exact) mass is 392 g/mol. The van der Waals surface area contributed by atoms with E-state index in [0.717, 1.165) is 5.56 Å². The number of aromatic amines is 1. The van der Waals surface area contributed by atoms with Gasteiger partial charge in [0.1, 0.15) is 22.3 Å². The largest absolute Gasteiger partial charge is 0.465 e. The van der Waals surface area contributed by atoms with Crippen LogP contribution in [0.3, 0.4) is 0 Å². The summed E-state index contributed by atoms with van der Waals surface area (Å²) in [5, 5.41) is 3.21. The van der Waals surface area contributed by atoms with Crippen LogP contribution in [-0.2, 0) is 11.3 Å². The van der Waals surface area contributed by atoms with Gasteiger partial charge >= 0.3 is 5.97 Å². The minimum atomic E-state index is -0.451. The number of ether oxygens (including phenoxy) is 1. The fourth-order valence-corrected chi connectivity index (χ4v) is 4.10. The van der Waals surface area contributed by atoms with Crippen LogP contribution in [0.4, 0.5) is 0 Å². The van der Waals surface area contributed by atoms with Crippen LogP contribution in [0.25, 0.3) is 10.2 Å². The van der Waals surface area contributed by atoms with Crippen molar-refractivity contribution in [3.05, 3.63) is 61.5 Å². The van der Waals surface area contributed by atoms with Crippen LogP contribution in [-0.4, -0.2) is 23.0 Å². The first-order chi connectivity index (χ1) is 12.4. The average molecular weight is 393 g/mol. The Labute approximate surface area is 159 Å². The van der Waals surface area contributed by atoms with Gasteiger partial charge in [-0.3, -0.25) is 4.79 Å². The summed E-state index contributed by atoms with van der Waals surface area (Å²) in [6, 6.07) is 7.84. The number of benzene rings is 1. The molecule has 0 unspecified atom stereocenters. The second-order valence-electron chi connectivity index (χ2n) is 6.02. The molecule has 0 saturated carbocycles. The van der Waals surface area contributed by atoms with Gasteiger partial charge in [0.25, 0.3) is 5.56 Å². The van der Waals surface area contributed by atoms with Crippen molar-refractivity contribution in [2.45, 2.75) is 26.4 Å². The van der Waals surface area contributed by atoms with E-state index in [0.29, 0.717) is 38.0 Å². The molecule has 0 amide bonds. The third kappa shape index (κ3) is 3.65. The molecule has 0 bridgehead atoms. The molecule has 0 spiro atoms. The third-order valence-electron chi connectivity index (χ3n) is 4.26. The highest BCUT2D eigenvalue weighted by molar-refractivity contribution is 7.20. The van der Waals surface area contributed by atoms with Crippen molar-refractivity contribution in [1.82, 2.24) is 9.97 Å². The number of carbonyl (C=O) groups excluding carboxylic acids is 1. The highest BCUT2D eigenvalue weighted by atomic mass is 35.5. The molecule has 0 saturated heterocycles. The smallest absolute Gasteiger partial charge is 0.348 e. The topological polar surface area (TPSA) is 88.7 Å². The number of halogens is 1. The molecule has 136 valence electrons. The lowest BCUT2D eigenvalue weighted by atomic mass is 10.1. The number of rotatable bonds is 5. The van der Waals surface area contributed by atoms with Gasteiger partial charge in [-0.25, -0.2) is 9.78 Å². The van der Waals surface area contributed by atoms with Crippen LogP contribution in [0, 0.1) is 6.92 Å². The van der Waals surface area contributed by atoms with E-state index in [4.69, 9.17) is 16.3 Å². The molecule has 3 aromatic rings. The Morgan fingerprint density at radius 2 is 2.23 bits per heavy atom. The fraction of sp³-hybridized carbons (Fsp3) is 0.278. The minimum absolute atomic E-state index is 0.158. The SMILES string of the molecule is COC(=O)c1sc2nc(C[NH2+][C@@H](C)c3cccc(Cl)c3)[nH]c(=O)c2c1C. The second-order valence-corrected chi connectivity index (χ2v) is 7.46. The first-order valence-corrected chi connectivity index (χ1v) is 9.29. The molecule has 1 aromatic carbocycles. The Morgan fingerprint density at radius 3 is 2.92 bits per heavy atom. The highest BCUT2D eigenvalue weighted by Gasteiger charge is 2.20. The van der Waals surface area contributed by atoms with Crippen molar-refractivity contribution in [3.8, 4) is 0 Å². The zero-order valence-corrected chi connectivity index (χ0v) is 16.2. The number of nitrogens with two attached hydrogens (primary N) is 1. The van der Waals surface area contributed by atoms with Gasteiger partial charge in [-0.1, -0.05) is 23.7 Å². The molecule has 0 radical (unpaired) electrons. The number of quaternary nitrogens is 1. The predicted octanol–water partition coefficient (Wildman–Crippen LogP) is 2.56. The van der Waals surface area contributed by atoms with Crippen LogP contribution < -0.4 is 10.9 Å². The number of nitrogens with zero attached hydrogens (tertiary/aromatic N) is 1. The van der Waals surface area contributed by atoms with E-state index >= 15 is 0 Å². The number of methoxy groups -OCH3 is 1. The number of H-pyrrole nitrogens is 1. The summed E-state index contributed by atoms with van der Waals surface area (Å²) in [5.74, 6) is 0.113. The number of hydrogen-bond donors (Lipinski definition) is 2. The van der Waals surface area contributed by atoms with E-state index in [1.165, 1.54) is 18.4 Å². The Bertz CT molecular complexity index is 1030. The summed E-state index contributed by atoms with van der Waals surface area (Å²) < 4.78 is 4.77. The van der Waals surface area contributed by atoms with E-state index < -0.39 is 5.97 Å². The first-order valence-electron chi connectivity index (χ1n) is 8.10. The number of esters is 1. The van der Waals surface area contributed by atoms with Gasteiger partial charge < -0.3 is 15.0 Å². The zero-order valence-electron chi connectivity index (χ0n) is 14.6. The number of aromatic nitrogens is 2. The van der Waals surface area contributed by atoms with Crippen molar-refractivity contribution in [3.63, 3.8) is 0 Å². The van der Waals surface area contributed by atoms with Crippen molar-refractivity contribution < 1.29 is 14.8 Å². The number of nitrogens with one attached hydrogen (secondary N) is 1. The molecule has 6 nitrogen and oxygen atoms in total. The molecule has 1 atom stereocenters. The average Bonchev–Trinajstić information content (AvgIpc) is 2.96. The number of fused-ring (bicyclic) bond motifs is 1. The number of thiophene rings is 1. The Kier molecular flexibility index (Phi) is 5.41. The maximum Gasteiger partial charge on any atom is 0.348 e. The van der Waals surface area contributed by atoms with Crippen LogP contribution in [0.5, 0.6) is 0 Å². The summed E-state index contributed by atoms with van der Waals surface area (Å²) in [4.78, 5) is 32.5. The summed E-state index contributed by atoms with van der Waals surface area (Å²) in [5.41, 5.74) is 1.46. The quantitative estimate of drug-likeness (QED) is 0.653. The van der Waals surface area contributed by atoms with Crippen molar-refractivity contribution in [1.29, 1.82) is 0 Å². The molecule has 3 N–H and O–H groups in total. The number of hydrogen-bond acceptors (Lipinski definition) is 5. The molecule has 0 aliphatic carbocycles. The summed E-state index contributed by atoms with van der Waals surface area (Å²) in [7, 11) is 1.32. The summed E-state index contributed by atoms with van der Waals surface area (Å²) in [6.07, 6.45) is 0. The highest BCUT2D eigenvalue weighted by Crippen LogP contribution is 2.27. The Balaban J connectivity index is 1.85. The standard InChI is InChI=1S/C18H18ClN3O3S/c1-9-14-16(23)21-13(22-17(14)26-15(9)18(24)25-3)8-20-10(2)11-5-4-6-12(19)7-11/h4-7,10,20H,8H2,1-3H3,(H,21,22,23)/p+1/t10-/m0/s1. The molecule has 26 heavy (non-hydrogen) atoms. The maximum absolute atomic E-state index is 12.4. The van der Waals surface area contributed by atoms with E-state index in [1.807, 2.05) is 24.3 Å². The van der Waals surface area contributed by atoms with E-state index in [-0.39, 0.29) is 11.6 Å². The molecule has 2 aromatic heterocycles. The predicted molar refractivity (Wildman–Crippen MR) is 102 cm³/mol. The van der Waals surface area contributed by atoms with E-state index in [1.54, 1.807) is 6.92 Å². The normalized spacial score (nSPS) is 12.3. The summed E-state index contributed by atoms with van der Waals surface area (Å²) >= 11 is 7.22. The Morgan fingerprint density at radius 1 is 1.46 bits per heavy atom. The lowest BCUT2D eigenvalue weighted by molar-refractivity contribution is -0.708. The maximum atomic E-state index is 12.4. The molecule has 3 rings (SSSR count). The minimum Gasteiger partial charge on any atom is -0.465 e. The number of aryl methyl sites for hydroxylation is 1. The van der Waals surface area contributed by atoms with Gasteiger partial charge in [0.05, 0.1) is 12.5 Å². The van der Waals surface area contributed by atoms with Crippen molar-refractivity contribution >= 4 is 39.1 Å². The molecule has 0 aliphatic heterocycles. The Hall–Kier alpha value is -2.22. The lowest BCUT2D eigenvalue weighted by Crippen LogP contribution is -2.83. The van der Waals surface area contributed by atoms with Gasteiger partial charge in [-0.05, 0) is 31.5 Å². The van der Waals surface area contributed by atoms with Crippen LogP contribution in [0.2, 0.25) is 5.02 Å². The van der Waals surface area contributed by atoms with Gasteiger partial charge in [-0.15, -0.1) is 11.3 Å².